The molecule has 2 rings (SSSR count). The fourth-order valence-electron chi connectivity index (χ4n) is 2.26. The van der Waals surface area contributed by atoms with E-state index in [1.54, 1.807) is 0 Å². The van der Waals surface area contributed by atoms with Gasteiger partial charge in [0.1, 0.15) is 12.2 Å². The number of aliphatic hydroxyl groups excluding tert-OH is 1. The largest absolute Gasteiger partial charge is 0.373 e. The van der Waals surface area contributed by atoms with E-state index in [0.717, 1.165) is 5.56 Å². The van der Waals surface area contributed by atoms with Crippen molar-refractivity contribution in [2.75, 3.05) is 7.11 Å². The van der Waals surface area contributed by atoms with Gasteiger partial charge in [-0.1, -0.05) is 30.3 Å². The summed E-state index contributed by atoms with van der Waals surface area (Å²) in [6.07, 6.45) is -2.26. The van der Waals surface area contributed by atoms with Gasteiger partial charge in [0.25, 0.3) is 0 Å². The molecule has 0 aromatic heterocycles. The van der Waals surface area contributed by atoms with Crippen LogP contribution >= 0.6 is 0 Å². The summed E-state index contributed by atoms with van der Waals surface area (Å²) in [6, 6.07) is 9.48. The van der Waals surface area contributed by atoms with Gasteiger partial charge in [-0.15, -0.1) is 0 Å². The second-order valence-corrected chi connectivity index (χ2v) is 4.77. The molecule has 0 spiro atoms. The predicted octanol–water partition coefficient (Wildman–Crippen LogP) is 0.651. The first-order chi connectivity index (χ1) is 9.13. The molecule has 0 saturated carbocycles. The number of hydrogen-bond acceptors (Lipinski definition) is 5. The van der Waals surface area contributed by atoms with Gasteiger partial charge in [0, 0.05) is 7.11 Å². The van der Waals surface area contributed by atoms with E-state index in [9.17, 15) is 5.11 Å². The maximum absolute atomic E-state index is 9.84. The van der Waals surface area contributed by atoms with Crippen LogP contribution in [-0.2, 0) is 20.8 Å². The lowest BCUT2D eigenvalue weighted by Crippen LogP contribution is -2.61. The van der Waals surface area contributed by atoms with Gasteiger partial charge < -0.3 is 25.1 Å². The molecule has 0 bridgehead atoms. The Morgan fingerprint density at radius 3 is 2.58 bits per heavy atom. The molecule has 5 atom stereocenters. The second kappa shape index (κ2) is 6.45. The van der Waals surface area contributed by atoms with E-state index < -0.39 is 18.5 Å². The zero-order chi connectivity index (χ0) is 13.8. The molecule has 3 N–H and O–H groups in total. The van der Waals surface area contributed by atoms with Crippen LogP contribution in [0.2, 0.25) is 0 Å². The molecule has 1 saturated heterocycles. The van der Waals surface area contributed by atoms with Crippen molar-refractivity contribution < 1.29 is 19.3 Å². The Kier molecular flexibility index (Phi) is 4.90. The van der Waals surface area contributed by atoms with Gasteiger partial charge in [-0.25, -0.2) is 0 Å². The fourth-order valence-corrected chi connectivity index (χ4v) is 2.26. The van der Waals surface area contributed by atoms with Crippen molar-refractivity contribution in [2.24, 2.45) is 5.73 Å². The molecule has 19 heavy (non-hydrogen) atoms. The van der Waals surface area contributed by atoms with Gasteiger partial charge in [0.05, 0.1) is 18.8 Å². The summed E-state index contributed by atoms with van der Waals surface area (Å²) in [5.74, 6) is 0. The maximum Gasteiger partial charge on any atom is 0.184 e. The van der Waals surface area contributed by atoms with E-state index in [1.807, 2.05) is 37.3 Å². The van der Waals surface area contributed by atoms with Crippen LogP contribution in [0.25, 0.3) is 0 Å². The van der Waals surface area contributed by atoms with Gasteiger partial charge in [0.15, 0.2) is 6.29 Å². The molecule has 0 radical (unpaired) electrons. The zero-order valence-electron chi connectivity index (χ0n) is 11.2. The highest BCUT2D eigenvalue weighted by molar-refractivity contribution is 5.13. The third kappa shape index (κ3) is 3.32. The maximum atomic E-state index is 9.84. The Hall–Kier alpha value is -0.980. The first-order valence-corrected chi connectivity index (χ1v) is 6.41. The molecule has 106 valence electrons. The molecule has 5 nitrogen and oxygen atoms in total. The molecule has 1 aromatic rings. The van der Waals surface area contributed by atoms with Crippen LogP contribution in [0.3, 0.4) is 0 Å². The highest BCUT2D eigenvalue weighted by Gasteiger charge is 2.43. The average molecular weight is 267 g/mol. The van der Waals surface area contributed by atoms with Crippen molar-refractivity contribution in [2.45, 2.75) is 44.2 Å². The lowest BCUT2D eigenvalue weighted by Gasteiger charge is -2.41. The molecule has 5 heteroatoms. The third-order valence-corrected chi connectivity index (χ3v) is 3.44. The van der Waals surface area contributed by atoms with Crippen LogP contribution in [0.4, 0.5) is 0 Å². The average Bonchev–Trinajstić information content (AvgIpc) is 2.42. The molecular formula is C14H21NO4. The van der Waals surface area contributed by atoms with E-state index in [0.29, 0.717) is 6.61 Å². The molecule has 0 unspecified atom stereocenters. The minimum Gasteiger partial charge on any atom is -0.373 e. The smallest absolute Gasteiger partial charge is 0.184 e. The lowest BCUT2D eigenvalue weighted by molar-refractivity contribution is -0.266. The number of nitrogens with two attached hydrogens (primary N) is 1. The Balaban J connectivity index is 2.02. The van der Waals surface area contributed by atoms with Crippen LogP contribution in [0.15, 0.2) is 30.3 Å². The molecule has 1 fully saturated rings. The van der Waals surface area contributed by atoms with Crippen LogP contribution in [0, 0.1) is 0 Å². The summed E-state index contributed by atoms with van der Waals surface area (Å²) >= 11 is 0. The molecule has 1 aliphatic rings. The van der Waals surface area contributed by atoms with Crippen molar-refractivity contribution in [3.05, 3.63) is 35.9 Å². The van der Waals surface area contributed by atoms with Gasteiger partial charge in [0.2, 0.25) is 0 Å². The predicted molar refractivity (Wildman–Crippen MR) is 70.3 cm³/mol. The van der Waals surface area contributed by atoms with E-state index in [-0.39, 0.29) is 12.1 Å². The molecule has 1 heterocycles. The van der Waals surface area contributed by atoms with Crippen molar-refractivity contribution in [1.29, 1.82) is 0 Å². The first-order valence-electron chi connectivity index (χ1n) is 6.41. The zero-order valence-corrected chi connectivity index (χ0v) is 11.2. The van der Waals surface area contributed by atoms with E-state index >= 15 is 0 Å². The Morgan fingerprint density at radius 2 is 1.95 bits per heavy atom. The van der Waals surface area contributed by atoms with E-state index in [1.165, 1.54) is 7.11 Å². The van der Waals surface area contributed by atoms with Crippen molar-refractivity contribution in [1.82, 2.24) is 0 Å². The van der Waals surface area contributed by atoms with Crippen molar-refractivity contribution in [3.8, 4) is 0 Å². The highest BCUT2D eigenvalue weighted by Crippen LogP contribution is 2.23. The quantitative estimate of drug-likeness (QED) is 0.838. The number of ether oxygens (including phenoxy) is 3. The Morgan fingerprint density at radius 1 is 1.26 bits per heavy atom. The number of benzene rings is 1. The van der Waals surface area contributed by atoms with Gasteiger partial charge in [-0.05, 0) is 12.5 Å². The number of aliphatic hydroxyl groups is 1. The summed E-state index contributed by atoms with van der Waals surface area (Å²) < 4.78 is 16.4. The highest BCUT2D eigenvalue weighted by atomic mass is 16.7. The van der Waals surface area contributed by atoms with Crippen LogP contribution in [-0.4, -0.2) is 42.9 Å². The lowest BCUT2D eigenvalue weighted by atomic mass is 9.97. The van der Waals surface area contributed by atoms with Crippen LogP contribution in [0.5, 0.6) is 0 Å². The van der Waals surface area contributed by atoms with Crippen LogP contribution in [0.1, 0.15) is 12.5 Å². The second-order valence-electron chi connectivity index (χ2n) is 4.77. The number of rotatable bonds is 4. The first kappa shape index (κ1) is 14.4. The molecule has 1 aromatic carbocycles. The molecular weight excluding hydrogens is 246 g/mol. The minimum absolute atomic E-state index is 0.276. The SMILES string of the molecule is CO[C@@H]1[C@@H](OCc2ccccc2)[C@H](N)[C@@H](C)O[C@H]1O. The van der Waals surface area contributed by atoms with Crippen molar-refractivity contribution in [3.63, 3.8) is 0 Å². The number of methoxy groups -OCH3 is 1. The van der Waals surface area contributed by atoms with Gasteiger partial charge >= 0.3 is 0 Å². The summed E-state index contributed by atoms with van der Waals surface area (Å²) in [7, 11) is 1.51. The van der Waals surface area contributed by atoms with E-state index in [4.69, 9.17) is 19.9 Å². The minimum atomic E-state index is -1.01. The van der Waals surface area contributed by atoms with Gasteiger partial charge in [-0.3, -0.25) is 0 Å². The Labute approximate surface area is 113 Å². The summed E-state index contributed by atoms with van der Waals surface area (Å²) in [6.45, 7) is 2.25. The van der Waals surface area contributed by atoms with Gasteiger partial charge in [-0.2, -0.15) is 0 Å². The summed E-state index contributed by atoms with van der Waals surface area (Å²) in [5.41, 5.74) is 7.13. The standard InChI is InChI=1S/C14H21NO4/c1-9-11(15)12(13(17-2)14(16)19-9)18-8-10-6-4-3-5-7-10/h3-7,9,11-14,16H,8,15H2,1-2H3/t9-,11-,12+,13-,14-/m1/s1. The summed E-state index contributed by atoms with van der Waals surface area (Å²) in [5, 5.41) is 9.84. The van der Waals surface area contributed by atoms with Crippen molar-refractivity contribution >= 4 is 0 Å². The van der Waals surface area contributed by atoms with Crippen LogP contribution < -0.4 is 5.73 Å². The normalized spacial score (nSPS) is 35.3. The number of hydrogen-bond donors (Lipinski definition) is 2. The topological polar surface area (TPSA) is 73.9 Å². The molecule has 1 aliphatic heterocycles. The monoisotopic (exact) mass is 267 g/mol. The van der Waals surface area contributed by atoms with E-state index in [2.05, 4.69) is 0 Å². The third-order valence-electron chi connectivity index (χ3n) is 3.44. The molecule has 0 aliphatic carbocycles. The fraction of sp³-hybridized carbons (Fsp3) is 0.571. The Bertz CT molecular complexity index is 386. The summed E-state index contributed by atoms with van der Waals surface area (Å²) in [4.78, 5) is 0. The molecule has 0 amide bonds.